The SMILES string of the molecule is O=C(Nc1c(Cl)cccc1Cl)c1c(O)cccc1F. The van der Waals surface area contributed by atoms with E-state index in [1.165, 1.54) is 24.3 Å². The van der Waals surface area contributed by atoms with Gasteiger partial charge in [0.2, 0.25) is 0 Å². The molecule has 0 aromatic heterocycles. The van der Waals surface area contributed by atoms with E-state index in [0.29, 0.717) is 0 Å². The van der Waals surface area contributed by atoms with Crippen LogP contribution in [0.15, 0.2) is 36.4 Å². The third-order valence-corrected chi connectivity index (χ3v) is 3.05. The largest absolute Gasteiger partial charge is 0.507 e. The monoisotopic (exact) mass is 299 g/mol. The van der Waals surface area contributed by atoms with Crippen LogP contribution in [0.1, 0.15) is 10.4 Å². The molecule has 1 amide bonds. The van der Waals surface area contributed by atoms with Crippen LogP contribution in [0.25, 0.3) is 0 Å². The third kappa shape index (κ3) is 2.80. The highest BCUT2D eigenvalue weighted by Gasteiger charge is 2.18. The number of carbonyl (C=O) groups excluding carboxylic acids is 1. The van der Waals surface area contributed by atoms with Gasteiger partial charge in [-0.1, -0.05) is 35.3 Å². The molecule has 0 spiro atoms. The van der Waals surface area contributed by atoms with Gasteiger partial charge in [0.25, 0.3) is 5.91 Å². The predicted octanol–water partition coefficient (Wildman–Crippen LogP) is 4.09. The Morgan fingerprint density at radius 2 is 1.68 bits per heavy atom. The summed E-state index contributed by atoms with van der Waals surface area (Å²) in [6.07, 6.45) is 0. The van der Waals surface area contributed by atoms with Gasteiger partial charge in [-0.05, 0) is 24.3 Å². The van der Waals surface area contributed by atoms with Crippen LogP contribution >= 0.6 is 23.2 Å². The minimum atomic E-state index is -0.833. The molecule has 0 fully saturated rings. The van der Waals surface area contributed by atoms with E-state index in [1.807, 2.05) is 0 Å². The van der Waals surface area contributed by atoms with Gasteiger partial charge in [-0.2, -0.15) is 0 Å². The van der Waals surface area contributed by atoms with Gasteiger partial charge in [0, 0.05) is 0 Å². The number of halogens is 3. The second-order valence-corrected chi connectivity index (χ2v) is 4.50. The summed E-state index contributed by atoms with van der Waals surface area (Å²) in [7, 11) is 0. The van der Waals surface area contributed by atoms with Crippen molar-refractivity contribution in [3.63, 3.8) is 0 Å². The summed E-state index contributed by atoms with van der Waals surface area (Å²) < 4.78 is 13.5. The Bertz CT molecular complexity index is 606. The molecular weight excluding hydrogens is 292 g/mol. The van der Waals surface area contributed by atoms with Crippen LogP contribution in [-0.4, -0.2) is 11.0 Å². The highest BCUT2D eigenvalue weighted by Crippen LogP contribution is 2.31. The maximum Gasteiger partial charge on any atom is 0.262 e. The Balaban J connectivity index is 2.37. The standard InChI is InChI=1S/C13H8Cl2FNO2/c14-7-3-1-4-8(15)12(7)17-13(19)11-9(16)5-2-6-10(11)18/h1-6,18H,(H,17,19). The van der Waals surface area contributed by atoms with Crippen LogP contribution in [0.5, 0.6) is 5.75 Å². The van der Waals surface area contributed by atoms with Crippen molar-refractivity contribution in [2.75, 3.05) is 5.32 Å². The molecule has 2 N–H and O–H groups in total. The summed E-state index contributed by atoms with van der Waals surface area (Å²) in [5.74, 6) is -2.12. The van der Waals surface area contributed by atoms with Gasteiger partial charge in [-0.15, -0.1) is 0 Å². The molecule has 98 valence electrons. The maximum atomic E-state index is 13.5. The van der Waals surface area contributed by atoms with E-state index in [4.69, 9.17) is 23.2 Å². The number of carbonyl (C=O) groups is 1. The molecule has 0 aliphatic heterocycles. The summed E-state index contributed by atoms with van der Waals surface area (Å²) in [6.45, 7) is 0. The van der Waals surface area contributed by atoms with E-state index in [2.05, 4.69) is 5.32 Å². The number of hydrogen-bond donors (Lipinski definition) is 2. The number of phenols is 1. The summed E-state index contributed by atoms with van der Waals surface area (Å²) in [5.41, 5.74) is -0.294. The number of amides is 1. The lowest BCUT2D eigenvalue weighted by atomic mass is 10.1. The molecule has 0 saturated heterocycles. The molecule has 0 radical (unpaired) electrons. The first-order valence-electron chi connectivity index (χ1n) is 5.23. The first-order chi connectivity index (χ1) is 9.00. The molecule has 2 aromatic rings. The average Bonchev–Trinajstić information content (AvgIpc) is 2.34. The van der Waals surface area contributed by atoms with Gasteiger partial charge in [-0.25, -0.2) is 4.39 Å². The average molecular weight is 300 g/mol. The van der Waals surface area contributed by atoms with Crippen molar-refractivity contribution in [3.8, 4) is 5.75 Å². The number of para-hydroxylation sites is 1. The zero-order valence-corrected chi connectivity index (χ0v) is 11.0. The fourth-order valence-electron chi connectivity index (χ4n) is 1.53. The molecule has 19 heavy (non-hydrogen) atoms. The second-order valence-electron chi connectivity index (χ2n) is 3.68. The van der Waals surface area contributed by atoms with Crippen molar-refractivity contribution < 1.29 is 14.3 Å². The second kappa shape index (κ2) is 5.47. The van der Waals surface area contributed by atoms with Crippen molar-refractivity contribution >= 4 is 34.8 Å². The highest BCUT2D eigenvalue weighted by atomic mass is 35.5. The summed E-state index contributed by atoms with van der Waals surface area (Å²) in [4.78, 5) is 11.9. The van der Waals surface area contributed by atoms with Gasteiger partial charge in [0.05, 0.1) is 15.7 Å². The quantitative estimate of drug-likeness (QED) is 0.877. The third-order valence-electron chi connectivity index (χ3n) is 2.42. The Hall–Kier alpha value is -1.78. The van der Waals surface area contributed by atoms with Crippen molar-refractivity contribution in [3.05, 3.63) is 57.8 Å². The minimum Gasteiger partial charge on any atom is -0.507 e. The van der Waals surface area contributed by atoms with Gasteiger partial charge < -0.3 is 10.4 Å². The fourth-order valence-corrected chi connectivity index (χ4v) is 2.02. The van der Waals surface area contributed by atoms with Crippen molar-refractivity contribution in [2.24, 2.45) is 0 Å². The number of rotatable bonds is 2. The molecule has 0 unspecified atom stereocenters. The number of nitrogens with one attached hydrogen (secondary N) is 1. The number of phenolic OH excluding ortho intramolecular Hbond substituents is 1. The number of benzene rings is 2. The molecule has 3 nitrogen and oxygen atoms in total. The van der Waals surface area contributed by atoms with Crippen LogP contribution in [0.2, 0.25) is 10.0 Å². The first-order valence-corrected chi connectivity index (χ1v) is 5.99. The summed E-state index contributed by atoms with van der Waals surface area (Å²) >= 11 is 11.8. The van der Waals surface area contributed by atoms with Crippen LogP contribution in [0, 0.1) is 5.82 Å². The molecule has 0 aliphatic carbocycles. The lowest BCUT2D eigenvalue weighted by molar-refractivity contribution is 0.102. The molecule has 2 aromatic carbocycles. The number of anilines is 1. The minimum absolute atomic E-state index is 0.165. The van der Waals surface area contributed by atoms with Gasteiger partial charge in [-0.3, -0.25) is 4.79 Å². The van der Waals surface area contributed by atoms with E-state index in [0.717, 1.165) is 6.07 Å². The fraction of sp³-hybridized carbons (Fsp3) is 0. The number of aromatic hydroxyl groups is 1. The topological polar surface area (TPSA) is 49.3 Å². The Morgan fingerprint density at radius 3 is 2.26 bits per heavy atom. The number of hydrogen-bond acceptors (Lipinski definition) is 2. The van der Waals surface area contributed by atoms with Gasteiger partial charge >= 0.3 is 0 Å². The van der Waals surface area contributed by atoms with E-state index in [1.54, 1.807) is 6.07 Å². The Labute approximate surface area is 118 Å². The molecule has 0 atom stereocenters. The maximum absolute atomic E-state index is 13.5. The highest BCUT2D eigenvalue weighted by molar-refractivity contribution is 6.40. The molecule has 0 bridgehead atoms. The van der Waals surface area contributed by atoms with Crippen molar-refractivity contribution in [2.45, 2.75) is 0 Å². The lowest BCUT2D eigenvalue weighted by Crippen LogP contribution is -2.14. The smallest absolute Gasteiger partial charge is 0.262 e. The van der Waals surface area contributed by atoms with Crippen molar-refractivity contribution in [1.29, 1.82) is 0 Å². The molecule has 0 saturated carbocycles. The lowest BCUT2D eigenvalue weighted by Gasteiger charge is -2.10. The summed E-state index contributed by atoms with van der Waals surface area (Å²) in [6, 6.07) is 8.26. The van der Waals surface area contributed by atoms with E-state index < -0.39 is 23.0 Å². The Kier molecular flexibility index (Phi) is 3.93. The van der Waals surface area contributed by atoms with E-state index in [9.17, 15) is 14.3 Å². The molecule has 0 aliphatic rings. The predicted molar refractivity (Wildman–Crippen MR) is 72.5 cm³/mol. The van der Waals surface area contributed by atoms with Gasteiger partial charge in [0.1, 0.15) is 17.1 Å². The zero-order valence-electron chi connectivity index (χ0n) is 9.45. The van der Waals surface area contributed by atoms with Crippen molar-refractivity contribution in [1.82, 2.24) is 0 Å². The van der Waals surface area contributed by atoms with Crippen LogP contribution < -0.4 is 5.32 Å². The van der Waals surface area contributed by atoms with Crippen LogP contribution in [-0.2, 0) is 0 Å². The van der Waals surface area contributed by atoms with E-state index >= 15 is 0 Å². The van der Waals surface area contributed by atoms with Crippen LogP contribution in [0.3, 0.4) is 0 Å². The summed E-state index contributed by atoms with van der Waals surface area (Å²) in [5, 5.41) is 12.3. The zero-order chi connectivity index (χ0) is 14.0. The van der Waals surface area contributed by atoms with Crippen LogP contribution in [0.4, 0.5) is 10.1 Å². The molecule has 6 heteroatoms. The normalized spacial score (nSPS) is 10.3. The molecule has 2 rings (SSSR count). The van der Waals surface area contributed by atoms with Gasteiger partial charge in [0.15, 0.2) is 0 Å². The Morgan fingerprint density at radius 1 is 1.11 bits per heavy atom. The molecular formula is C13H8Cl2FNO2. The van der Waals surface area contributed by atoms with E-state index in [-0.39, 0.29) is 15.7 Å². The first kappa shape index (κ1) is 13.6. The molecule has 0 heterocycles.